The van der Waals surface area contributed by atoms with Crippen LogP contribution in [0, 0.1) is 13.8 Å². The summed E-state index contributed by atoms with van der Waals surface area (Å²) in [6.45, 7) is 6.09. The van der Waals surface area contributed by atoms with Gasteiger partial charge in [0.15, 0.2) is 0 Å². The van der Waals surface area contributed by atoms with E-state index in [0.717, 1.165) is 29.9 Å². The maximum Gasteiger partial charge on any atom is 0.105 e. The number of rotatable bonds is 4. The summed E-state index contributed by atoms with van der Waals surface area (Å²) in [7, 11) is 0. The Balaban J connectivity index is 1.73. The number of furan rings is 1. The Morgan fingerprint density at radius 1 is 1.44 bits per heavy atom. The summed E-state index contributed by atoms with van der Waals surface area (Å²) in [5, 5.41) is 4.32. The molecule has 0 bridgehead atoms. The van der Waals surface area contributed by atoms with Crippen LogP contribution in [0.25, 0.3) is 0 Å². The van der Waals surface area contributed by atoms with Gasteiger partial charge in [0.1, 0.15) is 11.5 Å². The number of nitrogens with one attached hydrogen (secondary N) is 1. The van der Waals surface area contributed by atoms with Gasteiger partial charge >= 0.3 is 0 Å². The zero-order valence-electron chi connectivity index (χ0n) is 9.91. The molecule has 0 saturated carbocycles. The molecule has 1 saturated heterocycles. The van der Waals surface area contributed by atoms with E-state index in [1.54, 1.807) is 0 Å². The predicted molar refractivity (Wildman–Crippen MR) is 73.5 cm³/mol. The highest BCUT2D eigenvalue weighted by molar-refractivity contribution is 8.06. The van der Waals surface area contributed by atoms with E-state index in [0.29, 0.717) is 0 Å². The molecule has 0 radical (unpaired) electrons. The van der Waals surface area contributed by atoms with E-state index in [4.69, 9.17) is 4.42 Å². The van der Waals surface area contributed by atoms with Crippen LogP contribution in [0.4, 0.5) is 0 Å². The van der Waals surface area contributed by atoms with Crippen molar-refractivity contribution in [3.8, 4) is 0 Å². The van der Waals surface area contributed by atoms with Gasteiger partial charge in [0, 0.05) is 41.2 Å². The maximum atomic E-state index is 5.51. The molecule has 0 amide bonds. The molecule has 2 heterocycles. The number of aryl methyl sites for hydroxylation is 2. The zero-order chi connectivity index (χ0) is 11.4. The molecule has 0 aliphatic carbocycles. The standard InChI is InChI=1S/C12H19NOS2/c1-9-5-11(10(2)14-9)6-13-7-12-8-15-3-4-16-12/h5,12-13H,3-4,6-8H2,1-2H3. The third-order valence-corrected chi connectivity index (χ3v) is 5.56. The van der Waals surface area contributed by atoms with Crippen LogP contribution >= 0.6 is 23.5 Å². The lowest BCUT2D eigenvalue weighted by molar-refractivity contribution is 0.499. The van der Waals surface area contributed by atoms with Crippen molar-refractivity contribution < 1.29 is 4.42 Å². The van der Waals surface area contributed by atoms with Gasteiger partial charge in [-0.05, 0) is 19.9 Å². The average molecular weight is 257 g/mol. The number of hydrogen-bond acceptors (Lipinski definition) is 4. The predicted octanol–water partition coefficient (Wildman–Crippen LogP) is 2.83. The summed E-state index contributed by atoms with van der Waals surface area (Å²) in [5.41, 5.74) is 1.30. The Morgan fingerprint density at radius 3 is 2.94 bits per heavy atom. The quantitative estimate of drug-likeness (QED) is 0.896. The van der Waals surface area contributed by atoms with E-state index < -0.39 is 0 Å². The van der Waals surface area contributed by atoms with Gasteiger partial charge in [0.25, 0.3) is 0 Å². The molecule has 4 heteroatoms. The zero-order valence-corrected chi connectivity index (χ0v) is 11.5. The minimum atomic E-state index is 0.784. The molecule has 2 nitrogen and oxygen atoms in total. The van der Waals surface area contributed by atoms with Gasteiger partial charge in [-0.15, -0.1) is 0 Å². The summed E-state index contributed by atoms with van der Waals surface area (Å²) >= 11 is 4.18. The van der Waals surface area contributed by atoms with Gasteiger partial charge in [0.05, 0.1) is 0 Å². The lowest BCUT2D eigenvalue weighted by Gasteiger charge is -2.21. The molecule has 1 aliphatic rings. The van der Waals surface area contributed by atoms with E-state index in [9.17, 15) is 0 Å². The summed E-state index contributed by atoms with van der Waals surface area (Å²) < 4.78 is 5.51. The van der Waals surface area contributed by atoms with Gasteiger partial charge in [-0.25, -0.2) is 0 Å². The van der Waals surface area contributed by atoms with Crippen LogP contribution in [0.1, 0.15) is 17.1 Å². The number of hydrogen-bond donors (Lipinski definition) is 1. The summed E-state index contributed by atoms with van der Waals surface area (Å²) in [6.07, 6.45) is 0. The minimum Gasteiger partial charge on any atom is -0.466 e. The van der Waals surface area contributed by atoms with Crippen LogP contribution < -0.4 is 5.32 Å². The molecule has 1 atom stereocenters. The molecule has 0 spiro atoms. The first kappa shape index (κ1) is 12.4. The molecule has 1 fully saturated rings. The van der Waals surface area contributed by atoms with Gasteiger partial charge in [0.2, 0.25) is 0 Å². The minimum absolute atomic E-state index is 0.784. The van der Waals surface area contributed by atoms with Gasteiger partial charge in [-0.3, -0.25) is 0 Å². The SMILES string of the molecule is Cc1cc(CNCC2CSCCS2)c(C)o1. The van der Waals surface area contributed by atoms with Gasteiger partial charge < -0.3 is 9.73 Å². The second-order valence-electron chi connectivity index (χ2n) is 4.14. The van der Waals surface area contributed by atoms with Crippen LogP contribution in [0.5, 0.6) is 0 Å². The monoisotopic (exact) mass is 257 g/mol. The van der Waals surface area contributed by atoms with E-state index >= 15 is 0 Å². The molecule has 1 unspecified atom stereocenters. The lowest BCUT2D eigenvalue weighted by Crippen LogP contribution is -2.28. The Bertz CT molecular complexity index is 332. The summed E-state index contributed by atoms with van der Waals surface area (Å²) in [5.74, 6) is 5.98. The van der Waals surface area contributed by atoms with Crippen LogP contribution in [-0.4, -0.2) is 29.1 Å². The third kappa shape index (κ3) is 3.47. The molecule has 1 aromatic heterocycles. The Labute approximate surface area is 106 Å². The molecule has 2 rings (SSSR count). The highest BCUT2D eigenvalue weighted by Crippen LogP contribution is 2.23. The second kappa shape index (κ2) is 6.03. The van der Waals surface area contributed by atoms with Crippen molar-refractivity contribution in [3.63, 3.8) is 0 Å². The first-order chi connectivity index (χ1) is 7.75. The second-order valence-corrected chi connectivity index (χ2v) is 6.70. The van der Waals surface area contributed by atoms with Crippen molar-refractivity contribution in [2.24, 2.45) is 0 Å². The van der Waals surface area contributed by atoms with Crippen LogP contribution in [-0.2, 0) is 6.54 Å². The van der Waals surface area contributed by atoms with Crippen molar-refractivity contribution in [2.45, 2.75) is 25.6 Å². The first-order valence-corrected chi connectivity index (χ1v) is 7.92. The van der Waals surface area contributed by atoms with Crippen LogP contribution in [0.3, 0.4) is 0 Å². The maximum absolute atomic E-state index is 5.51. The molecular formula is C12H19NOS2. The van der Waals surface area contributed by atoms with Gasteiger partial charge in [-0.1, -0.05) is 0 Å². The Kier molecular flexibility index (Phi) is 4.67. The van der Waals surface area contributed by atoms with Crippen molar-refractivity contribution in [1.29, 1.82) is 0 Å². The smallest absolute Gasteiger partial charge is 0.105 e. The topological polar surface area (TPSA) is 25.2 Å². The van der Waals surface area contributed by atoms with Crippen molar-refractivity contribution >= 4 is 23.5 Å². The Morgan fingerprint density at radius 2 is 2.31 bits per heavy atom. The largest absolute Gasteiger partial charge is 0.466 e. The van der Waals surface area contributed by atoms with E-state index in [1.165, 1.54) is 22.8 Å². The highest BCUT2D eigenvalue weighted by atomic mass is 32.2. The highest BCUT2D eigenvalue weighted by Gasteiger charge is 2.13. The molecular weight excluding hydrogens is 238 g/mol. The third-order valence-electron chi connectivity index (χ3n) is 2.72. The van der Waals surface area contributed by atoms with Crippen LogP contribution in [0.15, 0.2) is 10.5 Å². The van der Waals surface area contributed by atoms with E-state index in [1.807, 2.05) is 13.8 Å². The molecule has 90 valence electrons. The fraction of sp³-hybridized carbons (Fsp3) is 0.667. The molecule has 16 heavy (non-hydrogen) atoms. The number of thioether (sulfide) groups is 2. The Hall–Kier alpha value is -0.0600. The van der Waals surface area contributed by atoms with E-state index in [2.05, 4.69) is 34.9 Å². The van der Waals surface area contributed by atoms with E-state index in [-0.39, 0.29) is 0 Å². The summed E-state index contributed by atoms with van der Waals surface area (Å²) in [6, 6.07) is 2.13. The molecule has 1 aromatic rings. The fourth-order valence-electron chi connectivity index (χ4n) is 1.88. The first-order valence-electron chi connectivity index (χ1n) is 5.71. The lowest BCUT2D eigenvalue weighted by atomic mass is 10.2. The fourth-order valence-corrected chi connectivity index (χ4v) is 4.53. The van der Waals surface area contributed by atoms with Gasteiger partial charge in [-0.2, -0.15) is 23.5 Å². The van der Waals surface area contributed by atoms with Crippen molar-refractivity contribution in [2.75, 3.05) is 23.8 Å². The molecule has 1 aliphatic heterocycles. The van der Waals surface area contributed by atoms with Crippen molar-refractivity contribution in [3.05, 3.63) is 23.2 Å². The normalized spacial score (nSPS) is 21.2. The summed E-state index contributed by atoms with van der Waals surface area (Å²) in [4.78, 5) is 0. The van der Waals surface area contributed by atoms with Crippen molar-refractivity contribution in [1.82, 2.24) is 5.32 Å². The molecule has 1 N–H and O–H groups in total. The van der Waals surface area contributed by atoms with Crippen LogP contribution in [0.2, 0.25) is 0 Å². The average Bonchev–Trinajstić information content (AvgIpc) is 2.59. The molecule has 0 aromatic carbocycles.